The van der Waals surface area contributed by atoms with E-state index in [0.717, 1.165) is 18.8 Å². The molecule has 0 fully saturated rings. The molecule has 0 aromatic heterocycles. The fraction of sp³-hybridized carbons (Fsp3) is 0.875. The van der Waals surface area contributed by atoms with Crippen molar-refractivity contribution in [2.45, 2.75) is 52.9 Å². The molecule has 0 saturated heterocycles. The average Bonchev–Trinajstić information content (AvgIpc) is 2.40. The lowest BCUT2D eigenvalue weighted by atomic mass is 10.0. The quantitative estimate of drug-likeness (QED) is 0.500. The van der Waals surface area contributed by atoms with Crippen LogP contribution in [0.25, 0.3) is 0 Å². The highest BCUT2D eigenvalue weighted by Crippen LogP contribution is 2.09. The molecule has 0 saturated carbocycles. The van der Waals surface area contributed by atoms with Gasteiger partial charge >= 0.3 is 0 Å². The molecular weight excluding hydrogens is 270 g/mol. The van der Waals surface area contributed by atoms with Gasteiger partial charge in [0.05, 0.1) is 19.8 Å². The largest absolute Gasteiger partial charge is 0.377 e. The third kappa shape index (κ3) is 17.0. The van der Waals surface area contributed by atoms with Crippen molar-refractivity contribution in [3.8, 4) is 0 Å². The van der Waals surface area contributed by atoms with Gasteiger partial charge in [0.1, 0.15) is 6.61 Å². The summed E-state index contributed by atoms with van der Waals surface area (Å²) in [6, 6.07) is 0. The molecule has 0 unspecified atom stereocenters. The van der Waals surface area contributed by atoms with Gasteiger partial charge in [-0.15, -0.1) is 0 Å². The lowest BCUT2D eigenvalue weighted by Gasteiger charge is -2.07. The Morgan fingerprint density at radius 2 is 1.71 bits per heavy atom. The molecule has 0 rings (SSSR count). The van der Waals surface area contributed by atoms with Gasteiger partial charge in [-0.05, 0) is 19.3 Å². The number of rotatable bonds is 14. The third-order valence-electron chi connectivity index (χ3n) is 2.93. The van der Waals surface area contributed by atoms with E-state index in [1.165, 1.54) is 19.8 Å². The highest BCUT2D eigenvalue weighted by Gasteiger charge is 2.01. The highest BCUT2D eigenvalue weighted by atomic mass is 16.5. The average molecular weight is 301 g/mol. The molecule has 1 N–H and O–H groups in total. The maximum atomic E-state index is 11.5. The maximum Gasteiger partial charge on any atom is 0.220 e. The zero-order valence-electron chi connectivity index (χ0n) is 13.8. The molecular formula is C16H31NO4. The number of ether oxygens (including phenoxy) is 2. The number of nitrogens with one attached hydrogen (secondary N) is 1. The van der Waals surface area contributed by atoms with Gasteiger partial charge < -0.3 is 14.8 Å². The molecule has 0 radical (unpaired) electrons. The highest BCUT2D eigenvalue weighted by molar-refractivity contribution is 5.76. The standard InChI is InChI=1S/C16H31NO4/c1-14(2)7-5-4-6-8-16(19)17-9-10-20-11-12-21-13-15(3)18/h14H,4-13H2,1-3H3,(H,17,19). The maximum absolute atomic E-state index is 11.5. The van der Waals surface area contributed by atoms with E-state index in [0.29, 0.717) is 32.8 Å². The van der Waals surface area contributed by atoms with E-state index in [2.05, 4.69) is 19.2 Å². The Kier molecular flexibility index (Phi) is 13.4. The number of hydrogen-bond donors (Lipinski definition) is 1. The van der Waals surface area contributed by atoms with Crippen LogP contribution in [-0.4, -0.2) is 44.7 Å². The molecule has 5 nitrogen and oxygen atoms in total. The molecule has 0 heterocycles. The SMILES string of the molecule is CC(=O)COCCOCCNC(=O)CCCCCC(C)C. The lowest BCUT2D eigenvalue weighted by Crippen LogP contribution is -2.27. The zero-order chi connectivity index (χ0) is 15.9. The lowest BCUT2D eigenvalue weighted by molar-refractivity contribution is -0.123. The molecule has 0 aromatic carbocycles. The Bertz CT molecular complexity index is 279. The minimum absolute atomic E-state index is 0.00987. The fourth-order valence-corrected chi connectivity index (χ4v) is 1.80. The predicted octanol–water partition coefficient (Wildman–Crippen LogP) is 2.33. The van der Waals surface area contributed by atoms with E-state index in [4.69, 9.17) is 9.47 Å². The summed E-state index contributed by atoms with van der Waals surface area (Å²) in [6.45, 7) is 7.91. The van der Waals surface area contributed by atoms with Crippen LogP contribution in [0, 0.1) is 5.92 Å². The van der Waals surface area contributed by atoms with Crippen LogP contribution < -0.4 is 5.32 Å². The topological polar surface area (TPSA) is 64.6 Å². The van der Waals surface area contributed by atoms with Crippen LogP contribution in [0.2, 0.25) is 0 Å². The van der Waals surface area contributed by atoms with E-state index in [9.17, 15) is 9.59 Å². The number of Topliss-reactive ketones (excluding diaryl/α,β-unsaturated/α-hetero) is 1. The minimum Gasteiger partial charge on any atom is -0.377 e. The summed E-state index contributed by atoms with van der Waals surface area (Å²) in [4.78, 5) is 22.1. The first kappa shape index (κ1) is 20.1. The monoisotopic (exact) mass is 301 g/mol. The summed E-state index contributed by atoms with van der Waals surface area (Å²) in [7, 11) is 0. The number of hydrogen-bond acceptors (Lipinski definition) is 4. The molecule has 0 bridgehead atoms. The molecule has 124 valence electrons. The van der Waals surface area contributed by atoms with E-state index in [1.807, 2.05) is 0 Å². The summed E-state index contributed by atoms with van der Waals surface area (Å²) < 4.78 is 10.3. The normalized spacial score (nSPS) is 10.9. The number of unbranched alkanes of at least 4 members (excludes halogenated alkanes) is 2. The van der Waals surface area contributed by atoms with Crippen LogP contribution in [0.4, 0.5) is 0 Å². The predicted molar refractivity (Wildman–Crippen MR) is 83.3 cm³/mol. The molecule has 1 amide bonds. The van der Waals surface area contributed by atoms with Crippen molar-refractivity contribution in [3.05, 3.63) is 0 Å². The van der Waals surface area contributed by atoms with E-state index < -0.39 is 0 Å². The first-order valence-corrected chi connectivity index (χ1v) is 7.94. The summed E-state index contributed by atoms with van der Waals surface area (Å²) in [5.41, 5.74) is 0. The van der Waals surface area contributed by atoms with Crippen LogP contribution >= 0.6 is 0 Å². The zero-order valence-corrected chi connectivity index (χ0v) is 13.8. The Morgan fingerprint density at radius 1 is 1.00 bits per heavy atom. The summed E-state index contributed by atoms with van der Waals surface area (Å²) in [5.74, 6) is 0.849. The van der Waals surface area contributed by atoms with Crippen LogP contribution in [0.15, 0.2) is 0 Å². The molecule has 5 heteroatoms. The number of ketones is 1. The molecule has 0 aliphatic carbocycles. The van der Waals surface area contributed by atoms with Gasteiger partial charge in [0.25, 0.3) is 0 Å². The van der Waals surface area contributed by atoms with Gasteiger partial charge in [-0.1, -0.05) is 33.1 Å². The van der Waals surface area contributed by atoms with Crippen molar-refractivity contribution in [1.29, 1.82) is 0 Å². The van der Waals surface area contributed by atoms with Crippen LogP contribution in [0.1, 0.15) is 52.9 Å². The second-order valence-corrected chi connectivity index (χ2v) is 5.71. The van der Waals surface area contributed by atoms with Crippen molar-refractivity contribution in [2.75, 3.05) is 33.0 Å². The molecule has 21 heavy (non-hydrogen) atoms. The molecule has 0 aromatic rings. The second-order valence-electron chi connectivity index (χ2n) is 5.71. The van der Waals surface area contributed by atoms with Gasteiger partial charge in [-0.25, -0.2) is 0 Å². The van der Waals surface area contributed by atoms with Gasteiger partial charge in [-0.3, -0.25) is 9.59 Å². The Balaban J connectivity index is 3.21. The van der Waals surface area contributed by atoms with E-state index in [-0.39, 0.29) is 18.3 Å². The summed E-state index contributed by atoms with van der Waals surface area (Å²) >= 11 is 0. The minimum atomic E-state index is 0.00987. The summed E-state index contributed by atoms with van der Waals surface area (Å²) in [6.07, 6.45) is 5.11. The van der Waals surface area contributed by atoms with Crippen molar-refractivity contribution in [1.82, 2.24) is 5.32 Å². The van der Waals surface area contributed by atoms with Crippen LogP contribution in [-0.2, 0) is 19.1 Å². The van der Waals surface area contributed by atoms with E-state index >= 15 is 0 Å². The van der Waals surface area contributed by atoms with Crippen LogP contribution in [0.3, 0.4) is 0 Å². The molecule has 0 spiro atoms. The van der Waals surface area contributed by atoms with Gasteiger partial charge in [0.15, 0.2) is 5.78 Å². The number of carbonyl (C=O) groups excluding carboxylic acids is 2. The Hall–Kier alpha value is -0.940. The molecule has 0 aliphatic rings. The molecule has 0 atom stereocenters. The van der Waals surface area contributed by atoms with Crippen molar-refractivity contribution in [2.24, 2.45) is 5.92 Å². The number of carbonyl (C=O) groups is 2. The van der Waals surface area contributed by atoms with E-state index in [1.54, 1.807) is 0 Å². The summed E-state index contributed by atoms with van der Waals surface area (Å²) in [5, 5.41) is 2.83. The first-order chi connectivity index (χ1) is 10.0. The van der Waals surface area contributed by atoms with Gasteiger partial charge in [0.2, 0.25) is 5.91 Å². The van der Waals surface area contributed by atoms with Crippen molar-refractivity contribution >= 4 is 11.7 Å². The van der Waals surface area contributed by atoms with Crippen LogP contribution in [0.5, 0.6) is 0 Å². The number of amides is 1. The van der Waals surface area contributed by atoms with Crippen molar-refractivity contribution in [3.63, 3.8) is 0 Å². The Labute approximate surface area is 128 Å². The molecule has 0 aliphatic heterocycles. The van der Waals surface area contributed by atoms with Gasteiger partial charge in [0, 0.05) is 13.0 Å². The second kappa shape index (κ2) is 14.0. The Morgan fingerprint density at radius 3 is 2.38 bits per heavy atom. The smallest absolute Gasteiger partial charge is 0.220 e. The third-order valence-corrected chi connectivity index (χ3v) is 2.93. The van der Waals surface area contributed by atoms with Gasteiger partial charge in [-0.2, -0.15) is 0 Å². The van der Waals surface area contributed by atoms with Crippen molar-refractivity contribution < 1.29 is 19.1 Å². The fourth-order valence-electron chi connectivity index (χ4n) is 1.80. The first-order valence-electron chi connectivity index (χ1n) is 7.94.